The molecule has 0 spiro atoms. The maximum atomic E-state index is 11.4. The number of nitrogens with one attached hydrogen (secondary N) is 2. The lowest BCUT2D eigenvalue weighted by Gasteiger charge is -2.07. The van der Waals surface area contributed by atoms with Gasteiger partial charge in [-0.25, -0.2) is 0 Å². The van der Waals surface area contributed by atoms with Gasteiger partial charge < -0.3 is 15.4 Å². The molecule has 0 fully saturated rings. The van der Waals surface area contributed by atoms with Crippen LogP contribution in [0.25, 0.3) is 10.9 Å². The molecule has 1 aromatic carbocycles. The van der Waals surface area contributed by atoms with Crippen molar-refractivity contribution >= 4 is 22.8 Å². The summed E-state index contributed by atoms with van der Waals surface area (Å²) in [6.45, 7) is 1.80. The number of carbonyl (C=O) groups is 2. The zero-order chi connectivity index (χ0) is 13.8. The zero-order valence-electron chi connectivity index (χ0n) is 10.6. The molecular formula is C14H16N2O3. The quantitative estimate of drug-likeness (QED) is 0.713. The second kappa shape index (κ2) is 5.56. The summed E-state index contributed by atoms with van der Waals surface area (Å²) in [6.07, 6.45) is 0.646. The molecule has 5 nitrogen and oxygen atoms in total. The monoisotopic (exact) mass is 260 g/mol. The maximum absolute atomic E-state index is 11.4. The minimum absolute atomic E-state index is 0.420. The van der Waals surface area contributed by atoms with Crippen molar-refractivity contribution in [1.29, 1.82) is 0 Å². The second-order valence-electron chi connectivity index (χ2n) is 4.48. The van der Waals surface area contributed by atoms with Gasteiger partial charge in [0.2, 0.25) is 5.91 Å². The van der Waals surface area contributed by atoms with Gasteiger partial charge in [-0.3, -0.25) is 9.59 Å². The Bertz CT molecular complexity index is 571. The van der Waals surface area contributed by atoms with Crippen LogP contribution in [-0.4, -0.2) is 28.5 Å². The molecule has 0 saturated heterocycles. The van der Waals surface area contributed by atoms with Gasteiger partial charge in [0, 0.05) is 24.2 Å². The van der Waals surface area contributed by atoms with Crippen molar-refractivity contribution in [2.45, 2.75) is 13.3 Å². The summed E-state index contributed by atoms with van der Waals surface area (Å²) in [6, 6.07) is 9.96. The molecule has 0 aliphatic heterocycles. The van der Waals surface area contributed by atoms with Crippen molar-refractivity contribution in [2.24, 2.45) is 5.92 Å². The van der Waals surface area contributed by atoms with Crippen LogP contribution in [0.5, 0.6) is 0 Å². The van der Waals surface area contributed by atoms with Crippen LogP contribution in [0.2, 0.25) is 0 Å². The number of aromatic nitrogens is 1. The molecule has 1 atom stereocenters. The number of hydrogen-bond donors (Lipinski definition) is 3. The first-order chi connectivity index (χ1) is 9.08. The van der Waals surface area contributed by atoms with E-state index in [2.05, 4.69) is 10.3 Å². The second-order valence-corrected chi connectivity index (χ2v) is 4.48. The van der Waals surface area contributed by atoms with Gasteiger partial charge in [0.25, 0.3) is 0 Å². The van der Waals surface area contributed by atoms with Crippen molar-refractivity contribution in [3.63, 3.8) is 0 Å². The molecule has 2 aromatic rings. The molecule has 100 valence electrons. The van der Waals surface area contributed by atoms with E-state index in [1.165, 1.54) is 6.92 Å². The summed E-state index contributed by atoms with van der Waals surface area (Å²) < 4.78 is 0. The number of fused-ring (bicyclic) bond motifs is 1. The van der Waals surface area contributed by atoms with E-state index in [4.69, 9.17) is 5.11 Å². The summed E-state index contributed by atoms with van der Waals surface area (Å²) in [5, 5.41) is 12.4. The predicted octanol–water partition coefficient (Wildman–Crippen LogP) is 1.55. The lowest BCUT2D eigenvalue weighted by molar-refractivity contribution is -0.146. The van der Waals surface area contributed by atoms with Crippen LogP contribution in [0.1, 0.15) is 12.6 Å². The normalized spacial score (nSPS) is 12.3. The summed E-state index contributed by atoms with van der Waals surface area (Å²) in [4.78, 5) is 25.3. The molecule has 0 saturated carbocycles. The lowest BCUT2D eigenvalue weighted by Crippen LogP contribution is -2.34. The van der Waals surface area contributed by atoms with Crippen molar-refractivity contribution in [3.05, 3.63) is 36.0 Å². The van der Waals surface area contributed by atoms with Crippen molar-refractivity contribution in [2.75, 3.05) is 6.54 Å². The van der Waals surface area contributed by atoms with Gasteiger partial charge in [-0.05, 0) is 24.4 Å². The van der Waals surface area contributed by atoms with E-state index in [0.717, 1.165) is 16.6 Å². The van der Waals surface area contributed by atoms with E-state index in [-0.39, 0.29) is 0 Å². The number of carboxylic acid groups (broad SMARTS) is 1. The van der Waals surface area contributed by atoms with Gasteiger partial charge >= 0.3 is 5.97 Å². The first-order valence-corrected chi connectivity index (χ1v) is 6.15. The molecule has 3 N–H and O–H groups in total. The standard InChI is InChI=1S/C14H16N2O3/c1-9(14(18)19)13(17)15-7-6-11-8-10-4-2-3-5-12(10)16-11/h2-5,8-9,16H,6-7H2,1H3,(H,15,17)(H,18,19). The Morgan fingerprint density at radius 3 is 2.79 bits per heavy atom. The van der Waals surface area contributed by atoms with Crippen LogP contribution >= 0.6 is 0 Å². The first-order valence-electron chi connectivity index (χ1n) is 6.15. The lowest BCUT2D eigenvalue weighted by atomic mass is 10.1. The number of aliphatic carboxylic acids is 1. The van der Waals surface area contributed by atoms with Crippen LogP contribution in [0.15, 0.2) is 30.3 Å². The first kappa shape index (κ1) is 13.1. The summed E-state index contributed by atoms with van der Waals surface area (Å²) in [5.41, 5.74) is 2.08. The van der Waals surface area contributed by atoms with E-state index in [0.29, 0.717) is 13.0 Å². The molecule has 0 radical (unpaired) electrons. The number of H-pyrrole nitrogens is 1. The van der Waals surface area contributed by atoms with Crippen LogP contribution in [-0.2, 0) is 16.0 Å². The highest BCUT2D eigenvalue weighted by molar-refractivity contribution is 5.96. The fourth-order valence-electron chi connectivity index (χ4n) is 1.85. The molecular weight excluding hydrogens is 244 g/mol. The Hall–Kier alpha value is -2.30. The molecule has 0 aliphatic carbocycles. The zero-order valence-corrected chi connectivity index (χ0v) is 10.6. The number of aromatic amines is 1. The molecule has 5 heteroatoms. The maximum Gasteiger partial charge on any atom is 0.315 e. The number of hydrogen-bond acceptors (Lipinski definition) is 2. The third-order valence-corrected chi connectivity index (χ3v) is 3.04. The van der Waals surface area contributed by atoms with Gasteiger partial charge in [0.15, 0.2) is 0 Å². The average molecular weight is 260 g/mol. The Kier molecular flexibility index (Phi) is 3.85. The topological polar surface area (TPSA) is 82.2 Å². The Morgan fingerprint density at radius 1 is 1.37 bits per heavy atom. The van der Waals surface area contributed by atoms with Crippen LogP contribution in [0, 0.1) is 5.92 Å². The number of amides is 1. The molecule has 1 aromatic heterocycles. The van der Waals surface area contributed by atoms with Gasteiger partial charge in [-0.1, -0.05) is 18.2 Å². The molecule has 2 rings (SSSR count). The van der Waals surface area contributed by atoms with Crippen molar-refractivity contribution in [1.82, 2.24) is 10.3 Å². The van der Waals surface area contributed by atoms with E-state index >= 15 is 0 Å². The van der Waals surface area contributed by atoms with Crippen LogP contribution in [0.4, 0.5) is 0 Å². The number of carboxylic acids is 1. The van der Waals surface area contributed by atoms with Gasteiger partial charge in [-0.15, -0.1) is 0 Å². The summed E-state index contributed by atoms with van der Waals surface area (Å²) >= 11 is 0. The van der Waals surface area contributed by atoms with Gasteiger partial charge in [0.05, 0.1) is 0 Å². The van der Waals surface area contributed by atoms with Crippen LogP contribution < -0.4 is 5.32 Å². The highest BCUT2D eigenvalue weighted by Gasteiger charge is 2.19. The Balaban J connectivity index is 1.89. The smallest absolute Gasteiger partial charge is 0.315 e. The third-order valence-electron chi connectivity index (χ3n) is 3.04. The molecule has 0 bridgehead atoms. The van der Waals surface area contributed by atoms with E-state index in [1.807, 2.05) is 30.3 Å². The Morgan fingerprint density at radius 2 is 2.11 bits per heavy atom. The highest BCUT2D eigenvalue weighted by atomic mass is 16.4. The van der Waals surface area contributed by atoms with Gasteiger partial charge in [0.1, 0.15) is 5.92 Å². The molecule has 1 unspecified atom stereocenters. The van der Waals surface area contributed by atoms with E-state index in [1.54, 1.807) is 0 Å². The highest BCUT2D eigenvalue weighted by Crippen LogP contribution is 2.14. The largest absolute Gasteiger partial charge is 0.481 e. The van der Waals surface area contributed by atoms with Crippen LogP contribution in [0.3, 0.4) is 0 Å². The third kappa shape index (κ3) is 3.13. The molecule has 1 amide bonds. The van der Waals surface area contributed by atoms with E-state index < -0.39 is 17.8 Å². The number of benzene rings is 1. The summed E-state index contributed by atoms with van der Waals surface area (Å²) in [5.74, 6) is -2.57. The number of rotatable bonds is 5. The van der Waals surface area contributed by atoms with Crippen molar-refractivity contribution < 1.29 is 14.7 Å². The minimum atomic E-state index is -1.11. The predicted molar refractivity (Wildman–Crippen MR) is 71.8 cm³/mol. The fourth-order valence-corrected chi connectivity index (χ4v) is 1.85. The molecule has 1 heterocycles. The number of carbonyl (C=O) groups excluding carboxylic acids is 1. The minimum Gasteiger partial charge on any atom is -0.481 e. The summed E-state index contributed by atoms with van der Waals surface area (Å²) in [7, 11) is 0. The van der Waals surface area contributed by atoms with E-state index in [9.17, 15) is 9.59 Å². The fraction of sp³-hybridized carbons (Fsp3) is 0.286. The average Bonchev–Trinajstić information content (AvgIpc) is 2.80. The molecule has 0 aliphatic rings. The van der Waals surface area contributed by atoms with Gasteiger partial charge in [-0.2, -0.15) is 0 Å². The van der Waals surface area contributed by atoms with Crippen molar-refractivity contribution in [3.8, 4) is 0 Å². The number of para-hydroxylation sites is 1. The Labute approximate surface area is 110 Å². The SMILES string of the molecule is CC(C(=O)O)C(=O)NCCc1cc2ccccc2[nH]1. The molecule has 19 heavy (non-hydrogen) atoms.